The molecule has 0 bridgehead atoms. The number of anilines is 3. The van der Waals surface area contributed by atoms with Crippen molar-refractivity contribution in [2.24, 2.45) is 0 Å². The summed E-state index contributed by atoms with van der Waals surface area (Å²) < 4.78 is 0. The average Bonchev–Trinajstić information content (AvgIpc) is 2.48. The molecule has 6 heteroatoms. The molecule has 6 nitrogen and oxygen atoms in total. The van der Waals surface area contributed by atoms with Crippen LogP contribution < -0.4 is 16.4 Å². The lowest BCUT2D eigenvalue weighted by molar-refractivity contribution is -0.134. The molecule has 0 aromatic heterocycles. The number of rotatable bonds is 5. The Kier molecular flexibility index (Phi) is 4.40. The van der Waals surface area contributed by atoms with Crippen molar-refractivity contribution in [3.63, 3.8) is 0 Å². The maximum absolute atomic E-state index is 12.1. The second kappa shape index (κ2) is 6.42. The fourth-order valence-electron chi connectivity index (χ4n) is 1.72. The Hall–Kier alpha value is -3.02. The number of amides is 1. The molecule has 0 aliphatic carbocycles. The van der Waals surface area contributed by atoms with E-state index in [0.29, 0.717) is 22.6 Å². The van der Waals surface area contributed by atoms with E-state index in [1.807, 2.05) is 0 Å². The lowest BCUT2D eigenvalue weighted by atomic mass is 10.2. The van der Waals surface area contributed by atoms with Crippen LogP contribution in [0, 0.1) is 0 Å². The standard InChI is InChI=1S/C15H15N3O3/c16-12-3-1-2-4-13(12)18-15(21)10-5-7-11(8-6-10)17-9-14(19)20/h1-8,17H,9,16H2,(H,18,21)(H,19,20). The van der Waals surface area contributed by atoms with Crippen LogP contribution in [0.4, 0.5) is 17.1 Å². The third kappa shape index (κ3) is 3.97. The van der Waals surface area contributed by atoms with Gasteiger partial charge in [-0.2, -0.15) is 0 Å². The van der Waals surface area contributed by atoms with Crippen molar-refractivity contribution >= 4 is 28.9 Å². The maximum atomic E-state index is 12.1. The minimum atomic E-state index is -0.948. The first-order valence-electron chi connectivity index (χ1n) is 6.28. The van der Waals surface area contributed by atoms with E-state index < -0.39 is 5.97 Å². The zero-order valence-electron chi connectivity index (χ0n) is 11.2. The number of benzene rings is 2. The van der Waals surface area contributed by atoms with Crippen LogP contribution in [0.25, 0.3) is 0 Å². The Balaban J connectivity index is 2.03. The summed E-state index contributed by atoms with van der Waals surface area (Å²) in [5.41, 5.74) is 7.89. The third-order valence-electron chi connectivity index (χ3n) is 2.80. The number of para-hydroxylation sites is 2. The normalized spacial score (nSPS) is 9.90. The van der Waals surface area contributed by atoms with Gasteiger partial charge in [0.25, 0.3) is 5.91 Å². The molecule has 0 atom stereocenters. The molecule has 0 saturated carbocycles. The highest BCUT2D eigenvalue weighted by Gasteiger charge is 2.07. The number of hydrogen-bond acceptors (Lipinski definition) is 4. The number of nitrogens with one attached hydrogen (secondary N) is 2. The van der Waals surface area contributed by atoms with E-state index in [9.17, 15) is 9.59 Å². The zero-order chi connectivity index (χ0) is 15.2. The van der Waals surface area contributed by atoms with Crippen molar-refractivity contribution in [1.82, 2.24) is 0 Å². The Bertz CT molecular complexity index is 653. The molecule has 5 N–H and O–H groups in total. The van der Waals surface area contributed by atoms with Crippen LogP contribution in [0.3, 0.4) is 0 Å². The molecule has 1 amide bonds. The molecular weight excluding hydrogens is 270 g/mol. The van der Waals surface area contributed by atoms with E-state index in [2.05, 4.69) is 10.6 Å². The SMILES string of the molecule is Nc1ccccc1NC(=O)c1ccc(NCC(=O)O)cc1. The second-order valence-corrected chi connectivity index (χ2v) is 4.37. The first-order valence-corrected chi connectivity index (χ1v) is 6.28. The summed E-state index contributed by atoms with van der Waals surface area (Å²) in [4.78, 5) is 22.5. The first-order chi connectivity index (χ1) is 10.1. The van der Waals surface area contributed by atoms with E-state index in [0.717, 1.165) is 0 Å². The molecule has 2 aromatic carbocycles. The van der Waals surface area contributed by atoms with Crippen LogP contribution >= 0.6 is 0 Å². The number of nitrogen functional groups attached to an aromatic ring is 1. The summed E-state index contributed by atoms with van der Waals surface area (Å²) >= 11 is 0. The smallest absolute Gasteiger partial charge is 0.322 e. The highest BCUT2D eigenvalue weighted by atomic mass is 16.4. The van der Waals surface area contributed by atoms with Gasteiger partial charge in [-0.25, -0.2) is 0 Å². The van der Waals surface area contributed by atoms with E-state index in [1.165, 1.54) is 0 Å². The summed E-state index contributed by atoms with van der Waals surface area (Å²) in [7, 11) is 0. The molecule has 0 fully saturated rings. The Morgan fingerprint density at radius 2 is 1.71 bits per heavy atom. The van der Waals surface area contributed by atoms with E-state index in [-0.39, 0.29) is 12.5 Å². The van der Waals surface area contributed by atoms with Crippen LogP contribution in [0.15, 0.2) is 48.5 Å². The van der Waals surface area contributed by atoms with Gasteiger partial charge in [-0.05, 0) is 36.4 Å². The van der Waals surface area contributed by atoms with Crippen LogP contribution in [-0.4, -0.2) is 23.5 Å². The van der Waals surface area contributed by atoms with Crippen molar-refractivity contribution in [3.8, 4) is 0 Å². The minimum Gasteiger partial charge on any atom is -0.480 e. The van der Waals surface area contributed by atoms with Crippen molar-refractivity contribution in [1.29, 1.82) is 0 Å². The molecule has 0 unspecified atom stereocenters. The van der Waals surface area contributed by atoms with Crippen molar-refractivity contribution in [2.45, 2.75) is 0 Å². The van der Waals surface area contributed by atoms with Crippen LogP contribution in [-0.2, 0) is 4.79 Å². The summed E-state index contributed by atoms with van der Waals surface area (Å²) in [5.74, 6) is -1.23. The maximum Gasteiger partial charge on any atom is 0.322 e. The van der Waals surface area contributed by atoms with Gasteiger partial charge in [0.1, 0.15) is 6.54 Å². The summed E-state index contributed by atoms with van der Waals surface area (Å²) in [6, 6.07) is 13.5. The van der Waals surface area contributed by atoms with E-state index in [4.69, 9.17) is 10.8 Å². The Morgan fingerprint density at radius 1 is 1.05 bits per heavy atom. The molecule has 0 aliphatic rings. The number of carbonyl (C=O) groups excluding carboxylic acids is 1. The van der Waals surface area contributed by atoms with Crippen molar-refractivity contribution < 1.29 is 14.7 Å². The van der Waals surface area contributed by atoms with Gasteiger partial charge in [0, 0.05) is 11.3 Å². The molecule has 108 valence electrons. The monoisotopic (exact) mass is 285 g/mol. The van der Waals surface area contributed by atoms with E-state index >= 15 is 0 Å². The zero-order valence-corrected chi connectivity index (χ0v) is 11.2. The van der Waals surface area contributed by atoms with Gasteiger partial charge >= 0.3 is 5.97 Å². The molecule has 21 heavy (non-hydrogen) atoms. The number of carboxylic acid groups (broad SMARTS) is 1. The Labute approximate surface area is 121 Å². The molecule has 0 heterocycles. The highest BCUT2D eigenvalue weighted by molar-refractivity contribution is 6.05. The largest absolute Gasteiger partial charge is 0.480 e. The molecule has 0 aliphatic heterocycles. The molecule has 0 saturated heterocycles. The fourth-order valence-corrected chi connectivity index (χ4v) is 1.72. The predicted molar refractivity (Wildman–Crippen MR) is 81.4 cm³/mol. The molecule has 0 spiro atoms. The number of nitrogens with two attached hydrogens (primary N) is 1. The molecule has 0 radical (unpaired) electrons. The van der Waals surface area contributed by atoms with E-state index in [1.54, 1.807) is 48.5 Å². The van der Waals surface area contributed by atoms with Gasteiger partial charge in [0.2, 0.25) is 0 Å². The van der Waals surface area contributed by atoms with Gasteiger partial charge in [-0.1, -0.05) is 12.1 Å². The van der Waals surface area contributed by atoms with Gasteiger partial charge in [-0.15, -0.1) is 0 Å². The predicted octanol–water partition coefficient (Wildman–Crippen LogP) is 2.02. The van der Waals surface area contributed by atoms with Gasteiger partial charge in [0.15, 0.2) is 0 Å². The van der Waals surface area contributed by atoms with Crippen molar-refractivity contribution in [2.75, 3.05) is 22.9 Å². The first kappa shape index (κ1) is 14.4. The minimum absolute atomic E-state index is 0.175. The lowest BCUT2D eigenvalue weighted by Crippen LogP contribution is -2.14. The topological polar surface area (TPSA) is 104 Å². The number of aliphatic carboxylic acids is 1. The molecule has 2 aromatic rings. The van der Waals surface area contributed by atoms with Gasteiger partial charge in [-0.3, -0.25) is 9.59 Å². The van der Waals surface area contributed by atoms with Crippen molar-refractivity contribution in [3.05, 3.63) is 54.1 Å². The Morgan fingerprint density at radius 3 is 2.33 bits per heavy atom. The van der Waals surface area contributed by atoms with Gasteiger partial charge < -0.3 is 21.5 Å². The number of carboxylic acids is 1. The quantitative estimate of drug-likeness (QED) is 0.629. The van der Waals surface area contributed by atoms with Gasteiger partial charge in [0.05, 0.1) is 11.4 Å². The second-order valence-electron chi connectivity index (χ2n) is 4.37. The molecule has 2 rings (SSSR count). The fraction of sp³-hybridized carbons (Fsp3) is 0.0667. The summed E-state index contributed by atoms with van der Waals surface area (Å²) in [5, 5.41) is 14.0. The summed E-state index contributed by atoms with van der Waals surface area (Å²) in [6.45, 7) is -0.175. The molecular formula is C15H15N3O3. The number of hydrogen-bond donors (Lipinski definition) is 4. The van der Waals surface area contributed by atoms with Crippen LogP contribution in [0.5, 0.6) is 0 Å². The average molecular weight is 285 g/mol. The highest BCUT2D eigenvalue weighted by Crippen LogP contribution is 2.18. The van der Waals surface area contributed by atoms with Crippen LogP contribution in [0.2, 0.25) is 0 Å². The summed E-state index contributed by atoms with van der Waals surface area (Å²) in [6.07, 6.45) is 0. The van der Waals surface area contributed by atoms with Crippen LogP contribution in [0.1, 0.15) is 10.4 Å². The third-order valence-corrected chi connectivity index (χ3v) is 2.80. The number of carbonyl (C=O) groups is 2. The lowest BCUT2D eigenvalue weighted by Gasteiger charge is -2.08.